The molecule has 2 rings (SSSR count). The van der Waals surface area contributed by atoms with Gasteiger partial charge in [0, 0.05) is 11.8 Å². The Morgan fingerprint density at radius 2 is 1.76 bits per heavy atom. The van der Waals surface area contributed by atoms with Crippen LogP contribution in [-0.4, -0.2) is 16.2 Å². The number of carboxylic acids is 1. The second kappa shape index (κ2) is 5.78. The third kappa shape index (κ3) is 3.68. The SMILES string of the molecule is Cc1cc(F)cc(NC(C(=O)O)c2cc(O)cc(F)c2)c1. The number of aryl methyl sites for hydroxylation is 1. The molecule has 3 N–H and O–H groups in total. The molecular formula is C15H13F2NO3. The first-order chi connectivity index (χ1) is 9.85. The molecular weight excluding hydrogens is 280 g/mol. The average Bonchev–Trinajstić information content (AvgIpc) is 2.33. The van der Waals surface area contributed by atoms with Crippen molar-refractivity contribution in [1.29, 1.82) is 0 Å². The lowest BCUT2D eigenvalue weighted by molar-refractivity contribution is -0.138. The van der Waals surface area contributed by atoms with Crippen LogP contribution in [0.15, 0.2) is 36.4 Å². The number of nitrogens with one attached hydrogen (secondary N) is 1. The Morgan fingerprint density at radius 3 is 2.33 bits per heavy atom. The maximum atomic E-state index is 13.3. The van der Waals surface area contributed by atoms with E-state index in [1.54, 1.807) is 13.0 Å². The van der Waals surface area contributed by atoms with E-state index in [9.17, 15) is 23.8 Å². The summed E-state index contributed by atoms with van der Waals surface area (Å²) in [7, 11) is 0. The molecule has 0 saturated heterocycles. The first-order valence-corrected chi connectivity index (χ1v) is 6.11. The molecule has 0 aliphatic carbocycles. The second-order valence-electron chi connectivity index (χ2n) is 4.68. The summed E-state index contributed by atoms with van der Waals surface area (Å²) in [5, 5.41) is 21.2. The highest BCUT2D eigenvalue weighted by molar-refractivity contribution is 5.79. The molecule has 21 heavy (non-hydrogen) atoms. The minimum Gasteiger partial charge on any atom is -0.508 e. The van der Waals surface area contributed by atoms with Crippen molar-refractivity contribution < 1.29 is 23.8 Å². The Morgan fingerprint density at radius 1 is 1.10 bits per heavy atom. The Balaban J connectivity index is 2.37. The predicted molar refractivity (Wildman–Crippen MR) is 73.2 cm³/mol. The van der Waals surface area contributed by atoms with Crippen molar-refractivity contribution in [3.8, 4) is 5.75 Å². The molecule has 6 heteroatoms. The zero-order chi connectivity index (χ0) is 15.6. The molecule has 0 aliphatic rings. The molecule has 1 unspecified atom stereocenters. The largest absolute Gasteiger partial charge is 0.508 e. The number of aromatic hydroxyl groups is 1. The number of halogens is 2. The molecule has 0 spiro atoms. The Bertz CT molecular complexity index is 648. The minimum absolute atomic E-state index is 0.0296. The van der Waals surface area contributed by atoms with Crippen LogP contribution in [-0.2, 0) is 4.79 Å². The van der Waals surface area contributed by atoms with Crippen LogP contribution in [0.2, 0.25) is 0 Å². The maximum Gasteiger partial charge on any atom is 0.330 e. The Kier molecular flexibility index (Phi) is 4.07. The van der Waals surface area contributed by atoms with Gasteiger partial charge >= 0.3 is 5.97 Å². The Hall–Kier alpha value is -2.63. The Labute approximate surface area is 119 Å². The summed E-state index contributed by atoms with van der Waals surface area (Å²) < 4.78 is 26.6. The summed E-state index contributed by atoms with van der Waals surface area (Å²) in [6.07, 6.45) is 0. The molecule has 0 aromatic heterocycles. The minimum atomic E-state index is -1.31. The van der Waals surface area contributed by atoms with E-state index < -0.39 is 23.6 Å². The van der Waals surface area contributed by atoms with E-state index in [0.29, 0.717) is 5.56 Å². The first-order valence-electron chi connectivity index (χ1n) is 6.11. The van der Waals surface area contributed by atoms with E-state index in [4.69, 9.17) is 0 Å². The van der Waals surface area contributed by atoms with E-state index in [2.05, 4.69) is 5.32 Å². The third-order valence-electron chi connectivity index (χ3n) is 2.84. The average molecular weight is 293 g/mol. The number of anilines is 1. The number of phenolic OH excluding ortho intramolecular Hbond substituents is 1. The molecule has 0 saturated carbocycles. The predicted octanol–water partition coefficient (Wildman–Crippen LogP) is 3.22. The summed E-state index contributed by atoms with van der Waals surface area (Å²) >= 11 is 0. The summed E-state index contributed by atoms with van der Waals surface area (Å²) in [6.45, 7) is 1.66. The van der Waals surface area contributed by atoms with Crippen molar-refractivity contribution in [2.45, 2.75) is 13.0 Å². The fourth-order valence-electron chi connectivity index (χ4n) is 2.04. The van der Waals surface area contributed by atoms with Gasteiger partial charge in [0.2, 0.25) is 0 Å². The van der Waals surface area contributed by atoms with Gasteiger partial charge in [0.15, 0.2) is 6.04 Å². The van der Waals surface area contributed by atoms with Crippen molar-refractivity contribution >= 4 is 11.7 Å². The maximum absolute atomic E-state index is 13.3. The summed E-state index contributed by atoms with van der Waals surface area (Å²) in [5.74, 6) is -2.92. The fourth-order valence-corrected chi connectivity index (χ4v) is 2.04. The van der Waals surface area contributed by atoms with Gasteiger partial charge in [-0.3, -0.25) is 0 Å². The number of hydrogen-bond acceptors (Lipinski definition) is 3. The number of hydrogen-bond donors (Lipinski definition) is 3. The second-order valence-corrected chi connectivity index (χ2v) is 4.68. The molecule has 4 nitrogen and oxygen atoms in total. The number of aliphatic carboxylic acids is 1. The van der Waals surface area contributed by atoms with E-state index in [1.807, 2.05) is 0 Å². The van der Waals surface area contributed by atoms with Crippen molar-refractivity contribution in [2.75, 3.05) is 5.32 Å². The van der Waals surface area contributed by atoms with Crippen LogP contribution >= 0.6 is 0 Å². The van der Waals surface area contributed by atoms with E-state index >= 15 is 0 Å². The lowest BCUT2D eigenvalue weighted by atomic mass is 10.1. The first kappa shape index (κ1) is 14.8. The van der Waals surface area contributed by atoms with Crippen LogP contribution in [0.5, 0.6) is 5.75 Å². The van der Waals surface area contributed by atoms with Gasteiger partial charge < -0.3 is 15.5 Å². The number of phenols is 1. The summed E-state index contributed by atoms with van der Waals surface area (Å²) in [4.78, 5) is 11.3. The van der Waals surface area contributed by atoms with Gasteiger partial charge in [0.05, 0.1) is 0 Å². The van der Waals surface area contributed by atoms with Crippen LogP contribution < -0.4 is 5.32 Å². The van der Waals surface area contributed by atoms with Gasteiger partial charge in [0.25, 0.3) is 0 Å². The molecule has 1 atom stereocenters. The molecule has 0 radical (unpaired) electrons. The standard InChI is InChI=1S/C15H13F2NO3/c1-8-2-10(16)6-12(3-8)18-14(15(20)21)9-4-11(17)7-13(19)5-9/h2-7,14,18-19H,1H3,(H,20,21). The van der Waals surface area contributed by atoms with Gasteiger partial charge in [-0.05, 0) is 48.4 Å². The monoisotopic (exact) mass is 293 g/mol. The number of carboxylic acid groups (broad SMARTS) is 1. The third-order valence-corrected chi connectivity index (χ3v) is 2.84. The van der Waals surface area contributed by atoms with Crippen LogP contribution in [0, 0.1) is 18.6 Å². The van der Waals surface area contributed by atoms with Crippen molar-refractivity contribution in [2.24, 2.45) is 0 Å². The molecule has 0 bridgehead atoms. The van der Waals surface area contributed by atoms with Gasteiger partial charge in [-0.2, -0.15) is 0 Å². The molecule has 0 heterocycles. The van der Waals surface area contributed by atoms with Crippen LogP contribution in [0.3, 0.4) is 0 Å². The van der Waals surface area contributed by atoms with E-state index in [-0.39, 0.29) is 17.0 Å². The molecule has 0 fully saturated rings. The molecule has 2 aromatic rings. The highest BCUT2D eigenvalue weighted by Gasteiger charge is 2.21. The van der Waals surface area contributed by atoms with Gasteiger partial charge in [-0.25, -0.2) is 13.6 Å². The zero-order valence-electron chi connectivity index (χ0n) is 11.1. The topological polar surface area (TPSA) is 69.6 Å². The van der Waals surface area contributed by atoms with Crippen LogP contribution in [0.25, 0.3) is 0 Å². The number of carbonyl (C=O) groups is 1. The highest BCUT2D eigenvalue weighted by atomic mass is 19.1. The lowest BCUT2D eigenvalue weighted by Gasteiger charge is -2.17. The van der Waals surface area contributed by atoms with Crippen molar-refractivity contribution in [3.05, 3.63) is 59.2 Å². The lowest BCUT2D eigenvalue weighted by Crippen LogP contribution is -2.20. The van der Waals surface area contributed by atoms with Crippen LogP contribution in [0.1, 0.15) is 17.2 Å². The zero-order valence-corrected chi connectivity index (χ0v) is 11.1. The smallest absolute Gasteiger partial charge is 0.330 e. The molecule has 110 valence electrons. The molecule has 0 aliphatic heterocycles. The van der Waals surface area contributed by atoms with Crippen molar-refractivity contribution in [1.82, 2.24) is 0 Å². The van der Waals surface area contributed by atoms with E-state index in [0.717, 1.165) is 24.3 Å². The van der Waals surface area contributed by atoms with E-state index in [1.165, 1.54) is 6.07 Å². The summed E-state index contributed by atoms with van der Waals surface area (Å²) in [6, 6.07) is 5.70. The van der Waals surface area contributed by atoms with Crippen molar-refractivity contribution in [3.63, 3.8) is 0 Å². The van der Waals surface area contributed by atoms with Gasteiger partial charge in [0.1, 0.15) is 17.4 Å². The number of benzene rings is 2. The highest BCUT2D eigenvalue weighted by Crippen LogP contribution is 2.25. The van der Waals surface area contributed by atoms with Crippen LogP contribution in [0.4, 0.5) is 14.5 Å². The molecule has 0 amide bonds. The van der Waals surface area contributed by atoms with Gasteiger partial charge in [-0.1, -0.05) is 0 Å². The summed E-state index contributed by atoms with van der Waals surface area (Å²) in [5.41, 5.74) is 0.897. The molecule has 2 aromatic carbocycles. The number of rotatable bonds is 4. The normalized spacial score (nSPS) is 12.0. The van der Waals surface area contributed by atoms with Gasteiger partial charge in [-0.15, -0.1) is 0 Å². The fraction of sp³-hybridized carbons (Fsp3) is 0.133. The quantitative estimate of drug-likeness (QED) is 0.809.